The number of carboxylic acid groups (broad SMARTS) is 1. The van der Waals surface area contributed by atoms with Crippen LogP contribution in [0.15, 0.2) is 17.5 Å². The third-order valence-corrected chi connectivity index (χ3v) is 2.59. The number of rotatable bonds is 5. The fourth-order valence-electron chi connectivity index (χ4n) is 0.988. The maximum atomic E-state index is 11.5. The van der Waals surface area contributed by atoms with Crippen LogP contribution in [-0.2, 0) is 0 Å². The quantitative estimate of drug-likeness (QED) is 0.604. The fourth-order valence-corrected chi connectivity index (χ4v) is 1.69. The Kier molecular flexibility index (Phi) is 4.65. The number of hydrogen-bond acceptors (Lipinski definition) is 4. The molecule has 6 heteroatoms. The van der Waals surface area contributed by atoms with E-state index in [1.165, 1.54) is 5.38 Å². The van der Waals surface area contributed by atoms with Gasteiger partial charge in [0, 0.05) is 11.9 Å². The van der Waals surface area contributed by atoms with E-state index in [0.717, 1.165) is 17.8 Å². The minimum Gasteiger partial charge on any atom is -0.476 e. The van der Waals surface area contributed by atoms with Crippen LogP contribution in [0.5, 0.6) is 0 Å². The highest BCUT2D eigenvalue weighted by molar-refractivity contribution is 7.11. The number of amides is 1. The molecule has 1 rings (SSSR count). The zero-order chi connectivity index (χ0) is 12.0. The summed E-state index contributed by atoms with van der Waals surface area (Å²) in [6.45, 7) is 2.42. The summed E-state index contributed by atoms with van der Waals surface area (Å²) in [7, 11) is 0. The summed E-state index contributed by atoms with van der Waals surface area (Å²) in [6.07, 6.45) is 4.59. The SMILES string of the molecule is C/C=C/CCNC(=O)c1nc(C(=O)O)cs1. The maximum absolute atomic E-state index is 11.5. The van der Waals surface area contributed by atoms with Crippen LogP contribution >= 0.6 is 11.3 Å². The minimum absolute atomic E-state index is 0.0939. The lowest BCUT2D eigenvalue weighted by Crippen LogP contribution is -2.24. The van der Waals surface area contributed by atoms with Crippen molar-refractivity contribution in [3.05, 3.63) is 28.2 Å². The van der Waals surface area contributed by atoms with Crippen LogP contribution in [0.4, 0.5) is 0 Å². The topological polar surface area (TPSA) is 79.3 Å². The molecule has 0 fully saturated rings. The summed E-state index contributed by atoms with van der Waals surface area (Å²) in [5.41, 5.74) is -0.0939. The first-order valence-corrected chi connectivity index (χ1v) is 5.61. The molecule has 0 radical (unpaired) electrons. The number of nitrogens with one attached hydrogen (secondary N) is 1. The summed E-state index contributed by atoms with van der Waals surface area (Å²) in [5, 5.41) is 12.8. The Hall–Kier alpha value is -1.69. The van der Waals surface area contributed by atoms with E-state index < -0.39 is 5.97 Å². The zero-order valence-corrected chi connectivity index (χ0v) is 9.58. The number of aromatic carboxylic acids is 1. The van der Waals surface area contributed by atoms with Crippen molar-refractivity contribution in [1.82, 2.24) is 10.3 Å². The molecule has 1 amide bonds. The Morgan fingerprint density at radius 2 is 2.38 bits per heavy atom. The zero-order valence-electron chi connectivity index (χ0n) is 8.77. The lowest BCUT2D eigenvalue weighted by Gasteiger charge is -1.98. The highest BCUT2D eigenvalue weighted by atomic mass is 32.1. The van der Waals surface area contributed by atoms with Crippen LogP contribution in [-0.4, -0.2) is 28.5 Å². The largest absolute Gasteiger partial charge is 0.476 e. The van der Waals surface area contributed by atoms with Crippen LogP contribution in [0.1, 0.15) is 33.6 Å². The van der Waals surface area contributed by atoms with Crippen LogP contribution < -0.4 is 5.32 Å². The lowest BCUT2D eigenvalue weighted by atomic mass is 10.4. The first-order valence-electron chi connectivity index (χ1n) is 4.73. The molecule has 2 N–H and O–H groups in total. The molecule has 0 aliphatic heterocycles. The summed E-state index contributed by atoms with van der Waals surface area (Å²) in [6, 6.07) is 0. The molecule has 5 nitrogen and oxygen atoms in total. The highest BCUT2D eigenvalue weighted by Crippen LogP contribution is 2.09. The molecule has 0 aliphatic carbocycles. The van der Waals surface area contributed by atoms with Crippen molar-refractivity contribution < 1.29 is 14.7 Å². The second-order valence-corrected chi connectivity index (χ2v) is 3.81. The van der Waals surface area contributed by atoms with Gasteiger partial charge in [-0.2, -0.15) is 0 Å². The lowest BCUT2D eigenvalue weighted by molar-refractivity contribution is 0.0691. The van der Waals surface area contributed by atoms with Crippen LogP contribution in [0, 0.1) is 0 Å². The summed E-state index contributed by atoms with van der Waals surface area (Å²) < 4.78 is 0. The van der Waals surface area contributed by atoms with E-state index in [4.69, 9.17) is 5.11 Å². The van der Waals surface area contributed by atoms with Crippen LogP contribution in [0.2, 0.25) is 0 Å². The van der Waals surface area contributed by atoms with Gasteiger partial charge < -0.3 is 10.4 Å². The molecule has 0 saturated carbocycles. The molecular weight excluding hydrogens is 228 g/mol. The third-order valence-electron chi connectivity index (χ3n) is 1.75. The molecule has 16 heavy (non-hydrogen) atoms. The van der Waals surface area contributed by atoms with Crippen molar-refractivity contribution in [3.63, 3.8) is 0 Å². The molecule has 0 aromatic carbocycles. The Balaban J connectivity index is 2.49. The number of thiazole rings is 1. The van der Waals surface area contributed by atoms with E-state index in [1.54, 1.807) is 0 Å². The Morgan fingerprint density at radius 3 is 2.94 bits per heavy atom. The smallest absolute Gasteiger partial charge is 0.355 e. The average Bonchev–Trinajstić information content (AvgIpc) is 2.73. The molecule has 86 valence electrons. The molecule has 0 saturated heterocycles. The number of hydrogen-bond donors (Lipinski definition) is 2. The van der Waals surface area contributed by atoms with Gasteiger partial charge in [-0.25, -0.2) is 9.78 Å². The molecule has 0 bridgehead atoms. The molecule has 0 unspecified atom stereocenters. The molecule has 1 aromatic heterocycles. The van der Waals surface area contributed by atoms with E-state index >= 15 is 0 Å². The number of carboxylic acids is 1. The van der Waals surface area contributed by atoms with Gasteiger partial charge in [0.05, 0.1) is 0 Å². The van der Waals surface area contributed by atoms with Gasteiger partial charge in [0.15, 0.2) is 10.7 Å². The van der Waals surface area contributed by atoms with Crippen molar-refractivity contribution in [2.24, 2.45) is 0 Å². The Morgan fingerprint density at radius 1 is 1.62 bits per heavy atom. The van der Waals surface area contributed by atoms with Crippen molar-refractivity contribution in [1.29, 1.82) is 0 Å². The van der Waals surface area contributed by atoms with Crippen molar-refractivity contribution in [3.8, 4) is 0 Å². The summed E-state index contributed by atoms with van der Waals surface area (Å²) in [4.78, 5) is 25.7. The molecule has 1 aromatic rings. The van der Waals surface area contributed by atoms with Crippen molar-refractivity contribution >= 4 is 23.2 Å². The van der Waals surface area contributed by atoms with E-state index in [1.807, 2.05) is 19.1 Å². The van der Waals surface area contributed by atoms with Crippen molar-refractivity contribution in [2.75, 3.05) is 6.54 Å². The van der Waals surface area contributed by atoms with Crippen molar-refractivity contribution in [2.45, 2.75) is 13.3 Å². The first-order chi connectivity index (χ1) is 7.65. The number of allylic oxidation sites excluding steroid dienone is 1. The van der Waals surface area contributed by atoms with Gasteiger partial charge >= 0.3 is 5.97 Å². The van der Waals surface area contributed by atoms with Crippen LogP contribution in [0.25, 0.3) is 0 Å². The minimum atomic E-state index is -1.12. The molecular formula is C10H12N2O3S. The first kappa shape index (κ1) is 12.4. The summed E-state index contributed by atoms with van der Waals surface area (Å²) in [5.74, 6) is -1.45. The van der Waals surface area contributed by atoms with Gasteiger partial charge in [0.1, 0.15) is 0 Å². The molecule has 0 spiro atoms. The third kappa shape index (κ3) is 3.47. The maximum Gasteiger partial charge on any atom is 0.355 e. The Bertz CT molecular complexity index is 412. The predicted octanol–water partition coefficient (Wildman–Crippen LogP) is 1.54. The number of carbonyl (C=O) groups excluding carboxylic acids is 1. The normalized spacial score (nSPS) is 10.6. The second-order valence-electron chi connectivity index (χ2n) is 2.96. The Labute approximate surface area is 96.8 Å². The van der Waals surface area contributed by atoms with Gasteiger partial charge in [-0.3, -0.25) is 4.79 Å². The molecule has 0 atom stereocenters. The average molecular weight is 240 g/mol. The molecule has 1 heterocycles. The van der Waals surface area contributed by atoms with E-state index in [0.29, 0.717) is 6.54 Å². The van der Waals surface area contributed by atoms with Gasteiger partial charge in [0.25, 0.3) is 5.91 Å². The predicted molar refractivity (Wildman–Crippen MR) is 60.8 cm³/mol. The highest BCUT2D eigenvalue weighted by Gasteiger charge is 2.13. The molecule has 0 aliphatic rings. The van der Waals surface area contributed by atoms with Gasteiger partial charge in [-0.05, 0) is 13.3 Å². The second kappa shape index (κ2) is 6.02. The van der Waals surface area contributed by atoms with E-state index in [-0.39, 0.29) is 16.6 Å². The van der Waals surface area contributed by atoms with E-state index in [2.05, 4.69) is 10.3 Å². The van der Waals surface area contributed by atoms with Crippen LogP contribution in [0.3, 0.4) is 0 Å². The fraction of sp³-hybridized carbons (Fsp3) is 0.300. The van der Waals surface area contributed by atoms with Gasteiger partial charge in [-0.15, -0.1) is 11.3 Å². The number of aromatic nitrogens is 1. The van der Waals surface area contributed by atoms with E-state index in [9.17, 15) is 9.59 Å². The standard InChI is InChI=1S/C10H12N2O3S/c1-2-3-4-5-11-8(13)9-12-7(6-16-9)10(14)15/h2-3,6H,4-5H2,1H3,(H,11,13)(H,14,15)/b3-2+. The number of carbonyl (C=O) groups is 2. The van der Waals surface area contributed by atoms with Gasteiger partial charge in [-0.1, -0.05) is 12.2 Å². The summed E-state index contributed by atoms with van der Waals surface area (Å²) >= 11 is 1.03. The van der Waals surface area contributed by atoms with Gasteiger partial charge in [0.2, 0.25) is 0 Å². The number of nitrogens with zero attached hydrogens (tertiary/aromatic N) is 1. The monoisotopic (exact) mass is 240 g/mol.